The van der Waals surface area contributed by atoms with Gasteiger partial charge < -0.3 is 0 Å². The second kappa shape index (κ2) is 6.54. The van der Waals surface area contributed by atoms with E-state index in [9.17, 15) is 22.4 Å². The molecule has 26 heavy (non-hydrogen) atoms. The highest BCUT2D eigenvalue weighted by Crippen LogP contribution is 2.42. The zero-order valence-electron chi connectivity index (χ0n) is 14.0. The summed E-state index contributed by atoms with van der Waals surface area (Å²) in [5.74, 6) is -1.29. The standard InChI is InChI=1S/C15H16F4N6O/c1-8-10(14(16)24(2)22-8)6-20-21-13(26)7-25-11(9-3-4-9)5-12(23-25)15(17,18)19/h5-6,9H,3-4,7H2,1-2H3,(H,21,26)/b20-6-. The first-order valence-corrected chi connectivity index (χ1v) is 7.82. The van der Waals surface area contributed by atoms with Crippen LogP contribution in [0.4, 0.5) is 17.6 Å². The number of amides is 1. The first-order chi connectivity index (χ1) is 12.2. The molecule has 0 spiro atoms. The first-order valence-electron chi connectivity index (χ1n) is 7.82. The normalized spacial score (nSPS) is 15.0. The molecule has 0 bridgehead atoms. The summed E-state index contributed by atoms with van der Waals surface area (Å²) in [5, 5.41) is 11.0. The predicted molar refractivity (Wildman–Crippen MR) is 82.8 cm³/mol. The number of hydrazone groups is 1. The van der Waals surface area contributed by atoms with Crippen LogP contribution in [0.3, 0.4) is 0 Å². The molecule has 1 fully saturated rings. The molecule has 0 unspecified atom stereocenters. The third kappa shape index (κ3) is 3.75. The van der Waals surface area contributed by atoms with Gasteiger partial charge in [-0.2, -0.15) is 32.9 Å². The van der Waals surface area contributed by atoms with Gasteiger partial charge in [-0.3, -0.25) is 9.48 Å². The van der Waals surface area contributed by atoms with Crippen molar-refractivity contribution in [3.8, 4) is 0 Å². The maximum absolute atomic E-state index is 13.7. The first kappa shape index (κ1) is 18.1. The number of nitrogens with zero attached hydrogens (tertiary/aromatic N) is 5. The molecule has 1 saturated carbocycles. The predicted octanol–water partition coefficient (Wildman–Crippen LogP) is 2.11. The van der Waals surface area contributed by atoms with Crippen LogP contribution in [-0.4, -0.2) is 31.7 Å². The van der Waals surface area contributed by atoms with Crippen LogP contribution in [-0.2, 0) is 24.6 Å². The van der Waals surface area contributed by atoms with E-state index in [0.29, 0.717) is 11.4 Å². The zero-order valence-corrected chi connectivity index (χ0v) is 14.0. The Morgan fingerprint density at radius 3 is 2.65 bits per heavy atom. The van der Waals surface area contributed by atoms with Gasteiger partial charge in [0.05, 0.1) is 17.5 Å². The Morgan fingerprint density at radius 2 is 2.12 bits per heavy atom. The van der Waals surface area contributed by atoms with Crippen molar-refractivity contribution in [2.75, 3.05) is 0 Å². The van der Waals surface area contributed by atoms with Crippen molar-refractivity contribution >= 4 is 12.1 Å². The number of hydrogen-bond donors (Lipinski definition) is 1. The van der Waals surface area contributed by atoms with E-state index in [4.69, 9.17) is 0 Å². The van der Waals surface area contributed by atoms with Gasteiger partial charge in [-0.15, -0.1) is 0 Å². The number of aromatic nitrogens is 4. The minimum Gasteiger partial charge on any atom is -0.271 e. The van der Waals surface area contributed by atoms with E-state index >= 15 is 0 Å². The quantitative estimate of drug-likeness (QED) is 0.496. The molecule has 2 heterocycles. The van der Waals surface area contributed by atoms with E-state index < -0.39 is 30.3 Å². The second-order valence-corrected chi connectivity index (χ2v) is 6.09. The van der Waals surface area contributed by atoms with Gasteiger partial charge in [0.15, 0.2) is 5.69 Å². The lowest BCUT2D eigenvalue weighted by Crippen LogP contribution is -2.25. The molecule has 1 N–H and O–H groups in total. The Kier molecular flexibility index (Phi) is 4.55. The van der Waals surface area contributed by atoms with Crippen molar-refractivity contribution < 1.29 is 22.4 Å². The van der Waals surface area contributed by atoms with E-state index in [0.717, 1.165) is 34.5 Å². The number of alkyl halides is 3. The minimum absolute atomic E-state index is 0.0120. The van der Waals surface area contributed by atoms with Gasteiger partial charge in [-0.05, 0) is 25.8 Å². The van der Waals surface area contributed by atoms with Crippen molar-refractivity contribution in [2.45, 2.75) is 38.4 Å². The van der Waals surface area contributed by atoms with Crippen LogP contribution in [0.15, 0.2) is 11.2 Å². The summed E-state index contributed by atoms with van der Waals surface area (Å²) in [6, 6.07) is 0.975. The van der Waals surface area contributed by atoms with Gasteiger partial charge in [0.2, 0.25) is 5.95 Å². The Bertz CT molecular complexity index is 862. The lowest BCUT2D eigenvalue weighted by atomic mass is 10.2. The molecule has 0 aromatic carbocycles. The van der Waals surface area contributed by atoms with E-state index in [1.54, 1.807) is 6.92 Å². The van der Waals surface area contributed by atoms with E-state index in [2.05, 4.69) is 20.7 Å². The highest BCUT2D eigenvalue weighted by molar-refractivity contribution is 5.83. The summed E-state index contributed by atoms with van der Waals surface area (Å²) >= 11 is 0. The van der Waals surface area contributed by atoms with E-state index in [1.165, 1.54) is 7.05 Å². The summed E-state index contributed by atoms with van der Waals surface area (Å²) in [7, 11) is 1.42. The molecular formula is C15H16F4N6O. The lowest BCUT2D eigenvalue weighted by molar-refractivity contribution is -0.141. The SMILES string of the molecule is Cc1nn(C)c(F)c1/C=N\NC(=O)Cn1nc(C(F)(F)F)cc1C1CC1. The number of rotatable bonds is 5. The van der Waals surface area contributed by atoms with Crippen LogP contribution >= 0.6 is 0 Å². The largest absolute Gasteiger partial charge is 0.435 e. The summed E-state index contributed by atoms with van der Waals surface area (Å²) in [5.41, 5.74) is 2.02. The number of carbonyl (C=O) groups excluding carboxylic acids is 1. The Hall–Kier alpha value is -2.72. The maximum atomic E-state index is 13.7. The molecule has 1 aliphatic carbocycles. The molecule has 1 aliphatic rings. The highest BCUT2D eigenvalue weighted by Gasteiger charge is 2.38. The average molecular weight is 372 g/mol. The lowest BCUT2D eigenvalue weighted by Gasteiger charge is -2.05. The minimum atomic E-state index is -4.57. The van der Waals surface area contributed by atoms with Crippen molar-refractivity contribution in [1.82, 2.24) is 25.0 Å². The van der Waals surface area contributed by atoms with Gasteiger partial charge in [0.25, 0.3) is 5.91 Å². The number of hydrogen-bond acceptors (Lipinski definition) is 4. The smallest absolute Gasteiger partial charge is 0.271 e. The van der Waals surface area contributed by atoms with Crippen LogP contribution in [0.1, 0.15) is 41.4 Å². The van der Waals surface area contributed by atoms with Gasteiger partial charge >= 0.3 is 6.18 Å². The Balaban J connectivity index is 1.68. The van der Waals surface area contributed by atoms with E-state index in [-0.39, 0.29) is 11.5 Å². The monoisotopic (exact) mass is 372 g/mol. The second-order valence-electron chi connectivity index (χ2n) is 6.09. The number of carbonyl (C=O) groups is 1. The topological polar surface area (TPSA) is 77.1 Å². The maximum Gasteiger partial charge on any atom is 0.435 e. The van der Waals surface area contributed by atoms with Crippen LogP contribution in [0, 0.1) is 12.9 Å². The van der Waals surface area contributed by atoms with Crippen LogP contribution < -0.4 is 5.43 Å². The van der Waals surface area contributed by atoms with Crippen molar-refractivity contribution in [1.29, 1.82) is 0 Å². The fraction of sp³-hybridized carbons (Fsp3) is 0.467. The molecule has 0 atom stereocenters. The molecule has 1 amide bonds. The molecule has 0 saturated heterocycles. The van der Waals surface area contributed by atoms with Crippen LogP contribution in [0.25, 0.3) is 0 Å². The molecule has 3 rings (SSSR count). The highest BCUT2D eigenvalue weighted by atomic mass is 19.4. The fourth-order valence-electron chi connectivity index (χ4n) is 2.54. The average Bonchev–Trinajstić information content (AvgIpc) is 3.24. The molecule has 2 aromatic heterocycles. The molecule has 140 valence electrons. The summed E-state index contributed by atoms with van der Waals surface area (Å²) in [6.07, 6.45) is -1.94. The van der Waals surface area contributed by atoms with Gasteiger partial charge in [0, 0.05) is 18.7 Å². The molecule has 0 aliphatic heterocycles. The summed E-state index contributed by atoms with van der Waals surface area (Å²) < 4.78 is 54.3. The van der Waals surface area contributed by atoms with Crippen LogP contribution in [0.5, 0.6) is 0 Å². The Morgan fingerprint density at radius 1 is 1.42 bits per heavy atom. The molecular weight excluding hydrogens is 356 g/mol. The molecule has 11 heteroatoms. The zero-order chi connectivity index (χ0) is 19.1. The van der Waals surface area contributed by atoms with Crippen LogP contribution in [0.2, 0.25) is 0 Å². The summed E-state index contributed by atoms with van der Waals surface area (Å²) in [6.45, 7) is 1.17. The number of nitrogens with one attached hydrogen (secondary N) is 1. The van der Waals surface area contributed by atoms with Crippen molar-refractivity contribution in [2.24, 2.45) is 12.1 Å². The molecule has 0 radical (unpaired) electrons. The molecule has 7 nitrogen and oxygen atoms in total. The van der Waals surface area contributed by atoms with Crippen molar-refractivity contribution in [3.05, 3.63) is 34.7 Å². The fourth-order valence-corrected chi connectivity index (χ4v) is 2.54. The third-order valence-electron chi connectivity index (χ3n) is 3.97. The third-order valence-corrected chi connectivity index (χ3v) is 3.97. The number of aryl methyl sites for hydroxylation is 2. The summed E-state index contributed by atoms with van der Waals surface area (Å²) in [4.78, 5) is 12.0. The van der Waals surface area contributed by atoms with Gasteiger partial charge in [0.1, 0.15) is 6.54 Å². The Labute approximate surface area is 145 Å². The van der Waals surface area contributed by atoms with Gasteiger partial charge in [-0.1, -0.05) is 0 Å². The molecule has 2 aromatic rings. The van der Waals surface area contributed by atoms with E-state index in [1.807, 2.05) is 0 Å². The van der Waals surface area contributed by atoms with Gasteiger partial charge in [-0.25, -0.2) is 10.1 Å². The van der Waals surface area contributed by atoms with Crippen molar-refractivity contribution in [3.63, 3.8) is 0 Å². The number of halogens is 4.